The molecule has 1 aliphatic carbocycles. The molecule has 0 aliphatic heterocycles. The molecule has 0 heterocycles. The zero-order valence-corrected chi connectivity index (χ0v) is 4.20. The van der Waals surface area contributed by atoms with Crippen molar-refractivity contribution in [2.24, 2.45) is 5.73 Å². The van der Waals surface area contributed by atoms with E-state index in [-0.39, 0.29) is 0 Å². The molecule has 0 amide bonds. The molecule has 2 N–H and O–H groups in total. The molecule has 1 nitrogen and oxygen atoms in total. The first-order valence-electron chi connectivity index (χ1n) is 2.56. The first-order chi connectivity index (χ1) is 2.77. The molecule has 1 heteroatoms. The molecule has 0 aromatic heterocycles. The number of hydrogen-bond acceptors (Lipinski definition) is 1. The van der Waals surface area contributed by atoms with Gasteiger partial charge in [-0.05, 0) is 19.3 Å². The summed E-state index contributed by atoms with van der Waals surface area (Å²) >= 11 is 0. The largest absolute Gasteiger partial charge is 0.325 e. The smallest absolute Gasteiger partial charge is 0.0153 e. The Labute approximate surface area is 38.5 Å². The van der Waals surface area contributed by atoms with Crippen LogP contribution in [0.15, 0.2) is 0 Å². The molecule has 36 valence electrons. The van der Waals surface area contributed by atoms with Crippen molar-refractivity contribution in [1.82, 2.24) is 0 Å². The van der Waals surface area contributed by atoms with Crippen LogP contribution in [0.5, 0.6) is 0 Å². The second-order valence-electron chi connectivity index (χ2n) is 2.22. The highest BCUT2D eigenvalue weighted by Gasteiger charge is 2.35. The molecule has 0 saturated heterocycles. The minimum atomic E-state index is 0.292. The van der Waals surface area contributed by atoms with Gasteiger partial charge in [0.1, 0.15) is 0 Å². The summed E-state index contributed by atoms with van der Waals surface area (Å²) in [5.74, 6) is 0. The molecule has 1 rings (SSSR count). The van der Waals surface area contributed by atoms with Gasteiger partial charge in [-0.15, -0.1) is 0 Å². The molecule has 0 aromatic rings. The van der Waals surface area contributed by atoms with Crippen molar-refractivity contribution in [3.8, 4) is 0 Å². The van der Waals surface area contributed by atoms with Crippen molar-refractivity contribution in [2.75, 3.05) is 0 Å². The summed E-state index contributed by atoms with van der Waals surface area (Å²) in [6.45, 7) is 2.15. The maximum atomic E-state index is 5.65. The fraction of sp³-hybridized carbons (Fsp3) is 1.00. The van der Waals surface area contributed by atoms with E-state index in [2.05, 4.69) is 6.92 Å². The third kappa shape index (κ3) is 0.548. The molecule has 0 unspecified atom stereocenters. The van der Waals surface area contributed by atoms with Gasteiger partial charge in [0.05, 0.1) is 0 Å². The highest BCUT2D eigenvalue weighted by atomic mass is 14.8. The normalized spacial score (nSPS) is 27.0. The van der Waals surface area contributed by atoms with Crippen LogP contribution in [0.4, 0.5) is 0 Å². The molecule has 1 saturated carbocycles. The van der Waals surface area contributed by atoms with Crippen molar-refractivity contribution < 1.29 is 0 Å². The Morgan fingerprint density at radius 3 is 2.17 bits per heavy atom. The fourth-order valence-electron chi connectivity index (χ4n) is 0.514. The van der Waals surface area contributed by atoms with E-state index < -0.39 is 0 Å². The van der Waals surface area contributed by atoms with Crippen molar-refractivity contribution in [3.05, 3.63) is 0 Å². The van der Waals surface area contributed by atoms with E-state index in [0.29, 0.717) is 5.54 Å². The number of hydrogen-bond donors (Lipinski definition) is 1. The van der Waals surface area contributed by atoms with E-state index in [1.54, 1.807) is 0 Å². The van der Waals surface area contributed by atoms with Gasteiger partial charge < -0.3 is 5.73 Å². The van der Waals surface area contributed by atoms with Gasteiger partial charge in [0, 0.05) is 5.54 Å². The van der Waals surface area contributed by atoms with Gasteiger partial charge in [-0.25, -0.2) is 0 Å². The van der Waals surface area contributed by atoms with Gasteiger partial charge in [0.15, 0.2) is 0 Å². The fourth-order valence-corrected chi connectivity index (χ4v) is 0.514. The van der Waals surface area contributed by atoms with Crippen LogP contribution < -0.4 is 5.73 Å². The molecule has 1 aliphatic rings. The van der Waals surface area contributed by atoms with E-state index in [1.165, 1.54) is 12.8 Å². The lowest BCUT2D eigenvalue weighted by Gasteiger charge is -1.98. The van der Waals surface area contributed by atoms with Gasteiger partial charge in [-0.1, -0.05) is 6.92 Å². The lowest BCUT2D eigenvalue weighted by Crippen LogP contribution is -2.19. The van der Waals surface area contributed by atoms with Gasteiger partial charge in [0.25, 0.3) is 0 Å². The lowest BCUT2D eigenvalue weighted by molar-refractivity contribution is 0.650. The van der Waals surface area contributed by atoms with Crippen molar-refractivity contribution >= 4 is 0 Å². The summed E-state index contributed by atoms with van der Waals surface area (Å²) in [6, 6.07) is 0. The molecule has 0 radical (unpaired) electrons. The number of nitrogens with two attached hydrogens (primary N) is 1. The third-order valence-electron chi connectivity index (χ3n) is 1.60. The standard InChI is InChI=1S/C5H11N/c1-2-5(6)3-4-5/h2-4,6H2,1H3. The summed E-state index contributed by atoms with van der Waals surface area (Å²) in [5.41, 5.74) is 5.94. The Kier molecular flexibility index (Phi) is 0.667. The first kappa shape index (κ1) is 4.13. The Hall–Kier alpha value is -0.0400. The molecule has 0 bridgehead atoms. The molecular weight excluding hydrogens is 74.1 g/mol. The van der Waals surface area contributed by atoms with E-state index in [0.717, 1.165) is 6.42 Å². The van der Waals surface area contributed by atoms with Crippen molar-refractivity contribution in [3.63, 3.8) is 0 Å². The van der Waals surface area contributed by atoms with E-state index in [1.807, 2.05) is 0 Å². The Morgan fingerprint density at radius 2 is 2.17 bits per heavy atom. The molecule has 0 aromatic carbocycles. The lowest BCUT2D eigenvalue weighted by atomic mass is 10.2. The Morgan fingerprint density at radius 1 is 1.67 bits per heavy atom. The van der Waals surface area contributed by atoms with Crippen LogP contribution in [0, 0.1) is 0 Å². The highest BCUT2D eigenvalue weighted by molar-refractivity contribution is 4.96. The average molecular weight is 85.1 g/mol. The summed E-state index contributed by atoms with van der Waals surface area (Å²) in [5, 5.41) is 0. The third-order valence-corrected chi connectivity index (χ3v) is 1.60. The maximum absolute atomic E-state index is 5.65. The summed E-state index contributed by atoms with van der Waals surface area (Å²) in [7, 11) is 0. The minimum absolute atomic E-state index is 0.292. The summed E-state index contributed by atoms with van der Waals surface area (Å²) in [4.78, 5) is 0. The second-order valence-corrected chi connectivity index (χ2v) is 2.22. The van der Waals surface area contributed by atoms with E-state index in [9.17, 15) is 0 Å². The molecule has 0 spiro atoms. The summed E-state index contributed by atoms with van der Waals surface area (Å²) in [6.07, 6.45) is 3.67. The molecular formula is C5H11N. The van der Waals surface area contributed by atoms with Crippen LogP contribution in [-0.4, -0.2) is 5.54 Å². The first-order valence-corrected chi connectivity index (χ1v) is 2.56. The van der Waals surface area contributed by atoms with E-state index in [4.69, 9.17) is 5.73 Å². The molecule has 0 atom stereocenters. The van der Waals surface area contributed by atoms with Crippen LogP contribution in [-0.2, 0) is 0 Å². The van der Waals surface area contributed by atoms with Crippen molar-refractivity contribution in [2.45, 2.75) is 31.7 Å². The predicted molar refractivity (Wildman–Crippen MR) is 26.4 cm³/mol. The van der Waals surface area contributed by atoms with Gasteiger partial charge in [-0.3, -0.25) is 0 Å². The van der Waals surface area contributed by atoms with E-state index >= 15 is 0 Å². The topological polar surface area (TPSA) is 26.0 Å². The minimum Gasteiger partial charge on any atom is -0.325 e. The van der Waals surface area contributed by atoms with Crippen LogP contribution in [0.1, 0.15) is 26.2 Å². The second kappa shape index (κ2) is 0.969. The SMILES string of the molecule is CCC1(N)CC1. The molecule has 1 fully saturated rings. The Bertz CT molecular complexity index is 55.0. The zero-order valence-electron chi connectivity index (χ0n) is 4.20. The van der Waals surface area contributed by atoms with Gasteiger partial charge in [-0.2, -0.15) is 0 Å². The molecule has 6 heavy (non-hydrogen) atoms. The average Bonchev–Trinajstić information content (AvgIpc) is 2.22. The van der Waals surface area contributed by atoms with Gasteiger partial charge in [0.2, 0.25) is 0 Å². The van der Waals surface area contributed by atoms with Crippen LogP contribution in [0.25, 0.3) is 0 Å². The van der Waals surface area contributed by atoms with Crippen LogP contribution in [0.2, 0.25) is 0 Å². The predicted octanol–water partition coefficient (Wildman–Crippen LogP) is 0.888. The zero-order chi connectivity index (χ0) is 4.62. The maximum Gasteiger partial charge on any atom is 0.0153 e. The monoisotopic (exact) mass is 85.1 g/mol. The summed E-state index contributed by atoms with van der Waals surface area (Å²) < 4.78 is 0. The Balaban J connectivity index is 2.28. The van der Waals surface area contributed by atoms with Crippen LogP contribution in [0.3, 0.4) is 0 Å². The van der Waals surface area contributed by atoms with Crippen LogP contribution >= 0.6 is 0 Å². The highest BCUT2D eigenvalue weighted by Crippen LogP contribution is 2.34. The number of rotatable bonds is 1. The quantitative estimate of drug-likeness (QED) is 0.502. The van der Waals surface area contributed by atoms with Gasteiger partial charge >= 0.3 is 0 Å². The van der Waals surface area contributed by atoms with Crippen molar-refractivity contribution in [1.29, 1.82) is 0 Å².